The first-order valence-electron chi connectivity index (χ1n) is 14.0. The van der Waals surface area contributed by atoms with Gasteiger partial charge in [-0.1, -0.05) is 83.8 Å². The summed E-state index contributed by atoms with van der Waals surface area (Å²) in [5, 5.41) is 2.29. The molecule has 0 amide bonds. The molecule has 0 spiro atoms. The Labute approximate surface area is 252 Å². The molecule has 1 aliphatic rings. The molecule has 6 rings (SSSR count). The standard InChI is InChI=1S/C34H32N3OS3/c1-4-35-26-19-13-14-20-27(26)39-29(35)22-21-28-34(38)37(6-3)31(40-28)23-30-36(5-2)32(24-15-9-7-10-16-24)33(41-30)25-17-11-8-12-18-25/h7-23H,4-6H2,1-3H3/q+1. The number of hydrogen-bond donors (Lipinski definition) is 0. The summed E-state index contributed by atoms with van der Waals surface area (Å²) in [4.78, 5) is 18.3. The van der Waals surface area contributed by atoms with E-state index in [1.807, 2.05) is 17.6 Å². The average molecular weight is 595 g/mol. The Kier molecular flexibility index (Phi) is 8.10. The van der Waals surface area contributed by atoms with E-state index in [-0.39, 0.29) is 5.56 Å². The molecule has 0 N–H and O–H groups in total. The number of anilines is 1. The molecule has 41 heavy (non-hydrogen) atoms. The fourth-order valence-corrected chi connectivity index (χ4v) is 8.79. The summed E-state index contributed by atoms with van der Waals surface area (Å²) in [6, 6.07) is 29.7. The molecule has 1 aliphatic heterocycles. The van der Waals surface area contributed by atoms with Crippen molar-refractivity contribution < 1.29 is 4.57 Å². The summed E-state index contributed by atoms with van der Waals surface area (Å²) in [7, 11) is 0. The van der Waals surface area contributed by atoms with E-state index in [1.54, 1.807) is 34.4 Å². The third-order valence-electron chi connectivity index (χ3n) is 7.19. The zero-order valence-corrected chi connectivity index (χ0v) is 25.9. The van der Waals surface area contributed by atoms with Gasteiger partial charge >= 0.3 is 0 Å². The van der Waals surface area contributed by atoms with Crippen LogP contribution in [-0.4, -0.2) is 11.1 Å². The third-order valence-corrected chi connectivity index (χ3v) is 10.6. The van der Waals surface area contributed by atoms with E-state index in [2.05, 4.69) is 120 Å². The van der Waals surface area contributed by atoms with Crippen molar-refractivity contribution in [2.45, 2.75) is 38.8 Å². The highest BCUT2D eigenvalue weighted by Crippen LogP contribution is 2.45. The van der Waals surface area contributed by atoms with Crippen molar-refractivity contribution in [3.05, 3.63) is 121 Å². The number of rotatable bonds is 7. The van der Waals surface area contributed by atoms with E-state index in [1.165, 1.54) is 32.3 Å². The largest absolute Gasteiger partial charge is 0.335 e. The van der Waals surface area contributed by atoms with E-state index in [4.69, 9.17) is 0 Å². The van der Waals surface area contributed by atoms with E-state index in [0.717, 1.165) is 32.3 Å². The predicted molar refractivity (Wildman–Crippen MR) is 176 cm³/mol. The lowest BCUT2D eigenvalue weighted by molar-refractivity contribution is -0.679. The lowest BCUT2D eigenvalue weighted by atomic mass is 10.1. The normalized spacial score (nSPS) is 14.8. The van der Waals surface area contributed by atoms with E-state index in [9.17, 15) is 4.79 Å². The van der Waals surface area contributed by atoms with Crippen LogP contribution in [0.3, 0.4) is 0 Å². The number of thioether (sulfide) groups is 1. The Morgan fingerprint density at radius 2 is 1.46 bits per heavy atom. The topological polar surface area (TPSA) is 29.1 Å². The van der Waals surface area contributed by atoms with Gasteiger partial charge in [-0.3, -0.25) is 9.36 Å². The van der Waals surface area contributed by atoms with Crippen LogP contribution in [0.4, 0.5) is 5.69 Å². The van der Waals surface area contributed by atoms with Gasteiger partial charge in [0.1, 0.15) is 16.1 Å². The second-order valence-corrected chi connectivity index (χ2v) is 12.7. The van der Waals surface area contributed by atoms with Crippen molar-refractivity contribution in [2.24, 2.45) is 0 Å². The van der Waals surface area contributed by atoms with E-state index in [0.29, 0.717) is 6.54 Å². The number of allylic oxidation sites excluding steroid dienone is 1. The highest BCUT2D eigenvalue weighted by atomic mass is 32.2. The number of benzene rings is 3. The molecule has 0 radical (unpaired) electrons. The molecule has 5 aromatic rings. The molecule has 3 aromatic carbocycles. The fraction of sp³-hybridized carbons (Fsp3) is 0.176. The van der Waals surface area contributed by atoms with Gasteiger partial charge in [0.15, 0.2) is 0 Å². The number of hydrogen-bond acceptors (Lipinski definition) is 5. The van der Waals surface area contributed by atoms with Crippen LogP contribution in [0.5, 0.6) is 0 Å². The van der Waals surface area contributed by atoms with Crippen LogP contribution in [0.25, 0.3) is 33.9 Å². The molecule has 7 heteroatoms. The number of para-hydroxylation sites is 1. The first-order chi connectivity index (χ1) is 20.1. The second-order valence-electron chi connectivity index (χ2n) is 9.58. The lowest BCUT2D eigenvalue weighted by Gasteiger charge is -2.17. The maximum Gasteiger partial charge on any atom is 0.269 e. The molecular formula is C34H32N3OS3+. The first kappa shape index (κ1) is 27.5. The molecule has 0 saturated heterocycles. The summed E-state index contributed by atoms with van der Waals surface area (Å²) >= 11 is 5.11. The number of fused-ring (bicyclic) bond motifs is 1. The number of aromatic nitrogens is 2. The third kappa shape index (κ3) is 5.25. The van der Waals surface area contributed by atoms with Gasteiger partial charge < -0.3 is 4.90 Å². The minimum absolute atomic E-state index is 0.0651. The lowest BCUT2D eigenvalue weighted by Crippen LogP contribution is -2.36. The first-order valence-corrected chi connectivity index (χ1v) is 16.4. The van der Waals surface area contributed by atoms with Gasteiger partial charge in [-0.25, -0.2) is 0 Å². The Morgan fingerprint density at radius 3 is 2.15 bits per heavy atom. The van der Waals surface area contributed by atoms with Gasteiger partial charge in [0.25, 0.3) is 10.6 Å². The van der Waals surface area contributed by atoms with Crippen molar-refractivity contribution in [1.29, 1.82) is 0 Å². The van der Waals surface area contributed by atoms with Crippen molar-refractivity contribution in [1.82, 2.24) is 4.57 Å². The molecule has 206 valence electrons. The monoisotopic (exact) mass is 594 g/mol. The Balaban J connectivity index is 1.49. The van der Waals surface area contributed by atoms with Crippen LogP contribution in [0.2, 0.25) is 0 Å². The summed E-state index contributed by atoms with van der Waals surface area (Å²) < 4.78 is 6.00. The van der Waals surface area contributed by atoms with Crippen LogP contribution in [0, 0.1) is 0 Å². The van der Waals surface area contributed by atoms with Crippen molar-refractivity contribution in [3.63, 3.8) is 0 Å². The molecule has 0 aliphatic carbocycles. The summed E-state index contributed by atoms with van der Waals surface area (Å²) in [6.45, 7) is 8.74. The van der Waals surface area contributed by atoms with Crippen LogP contribution >= 0.6 is 34.4 Å². The second kappa shape index (κ2) is 12.1. The fourth-order valence-electron chi connectivity index (χ4n) is 5.24. The molecule has 3 heterocycles. The number of thiazole rings is 2. The van der Waals surface area contributed by atoms with Crippen molar-refractivity contribution in [2.75, 3.05) is 11.4 Å². The molecule has 0 bridgehead atoms. The van der Waals surface area contributed by atoms with Crippen molar-refractivity contribution >= 4 is 52.3 Å². The SMILES string of the molecule is CCN1C(=CC=c2sc(=Cc3sc(-c4ccccc4)c(-c4ccccc4)[n+]3CC)n(CC)c2=O)Sc2ccccc21. The van der Waals surface area contributed by atoms with Gasteiger partial charge in [-0.05, 0) is 62.8 Å². The van der Waals surface area contributed by atoms with Crippen LogP contribution in [0.1, 0.15) is 25.8 Å². The predicted octanol–water partition coefficient (Wildman–Crippen LogP) is 6.72. The molecule has 0 unspecified atom stereocenters. The maximum atomic E-state index is 13.5. The highest BCUT2D eigenvalue weighted by Gasteiger charge is 2.27. The average Bonchev–Trinajstić information content (AvgIpc) is 3.67. The molecule has 0 atom stereocenters. The molecule has 0 saturated carbocycles. The van der Waals surface area contributed by atoms with Gasteiger partial charge in [-0.15, -0.1) is 11.3 Å². The smallest absolute Gasteiger partial charge is 0.269 e. The molecule has 2 aromatic heterocycles. The minimum atomic E-state index is 0.0651. The quantitative estimate of drug-likeness (QED) is 0.196. The molecule has 4 nitrogen and oxygen atoms in total. The van der Waals surface area contributed by atoms with Gasteiger partial charge in [0.05, 0.1) is 21.3 Å². The highest BCUT2D eigenvalue weighted by molar-refractivity contribution is 8.03. The van der Waals surface area contributed by atoms with E-state index >= 15 is 0 Å². The zero-order chi connectivity index (χ0) is 28.3. The molecule has 0 fully saturated rings. The van der Waals surface area contributed by atoms with Crippen LogP contribution < -0.4 is 24.2 Å². The van der Waals surface area contributed by atoms with Gasteiger partial charge in [0.2, 0.25) is 5.69 Å². The zero-order valence-electron chi connectivity index (χ0n) is 23.4. The minimum Gasteiger partial charge on any atom is -0.335 e. The molecular weight excluding hydrogens is 563 g/mol. The Morgan fingerprint density at radius 1 is 0.780 bits per heavy atom. The Hall–Kier alpha value is -3.65. The van der Waals surface area contributed by atoms with Gasteiger partial charge in [-0.2, -0.15) is 4.57 Å². The van der Waals surface area contributed by atoms with Crippen molar-refractivity contribution in [3.8, 4) is 21.7 Å². The van der Waals surface area contributed by atoms with Crippen LogP contribution in [0.15, 0.2) is 106 Å². The summed E-state index contributed by atoms with van der Waals surface area (Å²) in [5.41, 5.74) is 4.91. The summed E-state index contributed by atoms with van der Waals surface area (Å²) in [6.07, 6.45) is 6.30. The van der Waals surface area contributed by atoms with Gasteiger partial charge in [0, 0.05) is 23.5 Å². The summed E-state index contributed by atoms with van der Waals surface area (Å²) in [5.74, 6) is 0. The van der Waals surface area contributed by atoms with E-state index < -0.39 is 0 Å². The maximum absolute atomic E-state index is 13.5. The van der Waals surface area contributed by atoms with Crippen LogP contribution in [-0.2, 0) is 13.1 Å². The Bertz CT molecular complexity index is 1900. The number of nitrogens with zero attached hydrogens (tertiary/aromatic N) is 3.